The van der Waals surface area contributed by atoms with E-state index in [-0.39, 0.29) is 22.7 Å². The van der Waals surface area contributed by atoms with Gasteiger partial charge < -0.3 is 19.2 Å². The molecular formula is C25H17F3N3O6-. The van der Waals surface area contributed by atoms with Crippen molar-refractivity contribution >= 4 is 16.9 Å². The van der Waals surface area contributed by atoms with Crippen molar-refractivity contribution in [2.45, 2.75) is 26.1 Å². The average Bonchev–Trinajstić information content (AvgIpc) is 3.24. The number of rotatable bonds is 5. The first-order valence-corrected chi connectivity index (χ1v) is 10.6. The van der Waals surface area contributed by atoms with E-state index in [0.717, 1.165) is 7.05 Å². The maximum absolute atomic E-state index is 13.2. The third-order valence-corrected chi connectivity index (χ3v) is 5.53. The van der Waals surface area contributed by atoms with Crippen LogP contribution in [0.3, 0.4) is 0 Å². The second-order valence-electron chi connectivity index (χ2n) is 7.94. The summed E-state index contributed by atoms with van der Waals surface area (Å²) < 4.78 is 51.3. The predicted octanol–water partition coefficient (Wildman–Crippen LogP) is 2.19. The number of carbonyl (C=O) groups is 1. The van der Waals surface area contributed by atoms with Crippen LogP contribution in [0.4, 0.5) is 13.2 Å². The molecule has 0 spiro atoms. The lowest BCUT2D eigenvalue weighted by atomic mass is 10.0. The van der Waals surface area contributed by atoms with Crippen LogP contribution >= 0.6 is 0 Å². The van der Waals surface area contributed by atoms with Crippen molar-refractivity contribution in [3.8, 4) is 34.5 Å². The van der Waals surface area contributed by atoms with Crippen LogP contribution in [0.5, 0.6) is 5.75 Å². The SMILES string of the molecule is CC#CC(Oc1ccc(C)c(-c2noc3ccc(-n4c(=O)cc(C(F)(F)F)n(C)c4=O)cc23)c1)C(=O)[O-]. The van der Waals surface area contributed by atoms with Gasteiger partial charge in [0.1, 0.15) is 17.1 Å². The predicted molar refractivity (Wildman–Crippen MR) is 123 cm³/mol. The number of aliphatic carboxylic acids is 1. The van der Waals surface area contributed by atoms with E-state index in [9.17, 15) is 32.7 Å². The Morgan fingerprint density at radius 3 is 2.54 bits per heavy atom. The number of halogens is 3. The molecule has 0 saturated carbocycles. The van der Waals surface area contributed by atoms with Crippen molar-refractivity contribution in [1.29, 1.82) is 0 Å². The third-order valence-electron chi connectivity index (χ3n) is 5.53. The molecule has 2 aromatic heterocycles. The fourth-order valence-electron chi connectivity index (χ4n) is 3.73. The summed E-state index contributed by atoms with van der Waals surface area (Å²) >= 11 is 0. The van der Waals surface area contributed by atoms with Crippen LogP contribution in [0.2, 0.25) is 0 Å². The highest BCUT2D eigenvalue weighted by Crippen LogP contribution is 2.34. The molecule has 0 aliphatic rings. The van der Waals surface area contributed by atoms with Crippen molar-refractivity contribution in [3.05, 3.63) is 74.6 Å². The lowest BCUT2D eigenvalue weighted by molar-refractivity contribution is -0.311. The maximum Gasteiger partial charge on any atom is 0.431 e. The van der Waals surface area contributed by atoms with E-state index < -0.39 is 35.2 Å². The van der Waals surface area contributed by atoms with E-state index in [0.29, 0.717) is 31.7 Å². The number of aryl methyl sites for hydroxylation is 1. The highest BCUT2D eigenvalue weighted by Gasteiger charge is 2.35. The monoisotopic (exact) mass is 512 g/mol. The van der Waals surface area contributed by atoms with Gasteiger partial charge in [-0.3, -0.25) is 9.36 Å². The normalized spacial score (nSPS) is 12.2. The van der Waals surface area contributed by atoms with E-state index in [1.807, 2.05) is 0 Å². The topological polar surface area (TPSA) is 119 Å². The largest absolute Gasteiger partial charge is 0.545 e. The summed E-state index contributed by atoms with van der Waals surface area (Å²) in [4.78, 5) is 36.5. The van der Waals surface area contributed by atoms with Gasteiger partial charge in [0.25, 0.3) is 5.56 Å². The van der Waals surface area contributed by atoms with Crippen LogP contribution in [0.15, 0.2) is 56.6 Å². The molecule has 2 aromatic carbocycles. The Bertz CT molecular complexity index is 1720. The zero-order valence-corrected chi connectivity index (χ0v) is 19.5. The van der Waals surface area contributed by atoms with Gasteiger partial charge in [-0.1, -0.05) is 17.1 Å². The molecule has 0 N–H and O–H groups in total. The number of alkyl halides is 3. The van der Waals surface area contributed by atoms with E-state index in [2.05, 4.69) is 17.0 Å². The van der Waals surface area contributed by atoms with Gasteiger partial charge in [-0.2, -0.15) is 13.2 Å². The van der Waals surface area contributed by atoms with Crippen LogP contribution in [0.1, 0.15) is 18.2 Å². The summed E-state index contributed by atoms with van der Waals surface area (Å²) in [5.41, 5.74) is -2.02. The van der Waals surface area contributed by atoms with Crippen molar-refractivity contribution in [2.75, 3.05) is 0 Å². The van der Waals surface area contributed by atoms with Crippen molar-refractivity contribution in [3.63, 3.8) is 0 Å². The molecule has 1 unspecified atom stereocenters. The van der Waals surface area contributed by atoms with Gasteiger partial charge in [0.05, 0.1) is 17.0 Å². The van der Waals surface area contributed by atoms with E-state index in [1.54, 1.807) is 13.0 Å². The van der Waals surface area contributed by atoms with Crippen molar-refractivity contribution < 1.29 is 32.3 Å². The van der Waals surface area contributed by atoms with Crippen LogP contribution in [-0.4, -0.2) is 26.4 Å². The quantitative estimate of drug-likeness (QED) is 0.376. The van der Waals surface area contributed by atoms with E-state index >= 15 is 0 Å². The molecule has 0 radical (unpaired) electrons. The Hall–Kier alpha value is -4.79. The fraction of sp³-hybridized carbons (Fsp3) is 0.200. The summed E-state index contributed by atoms with van der Waals surface area (Å²) in [6.07, 6.45) is -6.40. The molecule has 4 aromatic rings. The number of fused-ring (bicyclic) bond motifs is 1. The fourth-order valence-corrected chi connectivity index (χ4v) is 3.73. The summed E-state index contributed by atoms with van der Waals surface area (Å²) in [6, 6.07) is 9.18. The highest BCUT2D eigenvalue weighted by atomic mass is 19.4. The molecule has 1 atom stereocenters. The van der Waals surface area contributed by atoms with Crippen LogP contribution < -0.4 is 21.1 Å². The zero-order chi connectivity index (χ0) is 27.1. The number of aromatic nitrogens is 3. The number of hydrogen-bond acceptors (Lipinski definition) is 7. The minimum atomic E-state index is -4.89. The number of hydrogen-bond donors (Lipinski definition) is 0. The first-order valence-electron chi connectivity index (χ1n) is 10.6. The zero-order valence-electron chi connectivity index (χ0n) is 19.5. The number of carbonyl (C=O) groups excluding carboxylic acids is 1. The standard InChI is InChI=1S/C25H18F3N3O6/c1-4-5-19(23(33)34)36-15-8-6-13(2)16(11-15)22-17-10-14(7-9-18(17)37-29-22)31-21(32)12-20(25(26,27)28)30(3)24(31)35/h6-12,19H,1-3H3,(H,33,34)/p-1. The van der Waals surface area contributed by atoms with Gasteiger partial charge >= 0.3 is 11.9 Å². The van der Waals surface area contributed by atoms with E-state index in [1.165, 1.54) is 37.3 Å². The minimum Gasteiger partial charge on any atom is -0.545 e. The van der Waals surface area contributed by atoms with Gasteiger partial charge in [0.15, 0.2) is 11.7 Å². The number of nitrogens with zero attached hydrogens (tertiary/aromatic N) is 3. The van der Waals surface area contributed by atoms with E-state index in [4.69, 9.17) is 9.26 Å². The Kier molecular flexibility index (Phi) is 6.39. The molecule has 9 nitrogen and oxygen atoms in total. The molecule has 0 amide bonds. The van der Waals surface area contributed by atoms with Crippen molar-refractivity contribution in [2.24, 2.45) is 7.05 Å². The van der Waals surface area contributed by atoms with Gasteiger partial charge in [-0.25, -0.2) is 9.36 Å². The summed E-state index contributed by atoms with van der Waals surface area (Å²) in [5.74, 6) is 3.47. The Labute approximate surface area is 206 Å². The molecular weight excluding hydrogens is 495 g/mol. The average molecular weight is 512 g/mol. The maximum atomic E-state index is 13.2. The van der Waals surface area contributed by atoms with Gasteiger partial charge in [0, 0.05) is 18.7 Å². The number of benzene rings is 2. The molecule has 0 saturated heterocycles. The molecule has 12 heteroatoms. The molecule has 0 aliphatic carbocycles. The smallest absolute Gasteiger partial charge is 0.431 e. The lowest BCUT2D eigenvalue weighted by Crippen LogP contribution is -2.40. The third kappa shape index (κ3) is 4.71. The summed E-state index contributed by atoms with van der Waals surface area (Å²) in [5, 5.41) is 15.7. The highest BCUT2D eigenvalue weighted by molar-refractivity contribution is 5.93. The summed E-state index contributed by atoms with van der Waals surface area (Å²) in [6.45, 7) is 3.20. The molecule has 190 valence electrons. The van der Waals surface area contributed by atoms with Crippen LogP contribution in [-0.2, 0) is 18.0 Å². The van der Waals surface area contributed by atoms with Gasteiger partial charge in [-0.15, -0.1) is 5.92 Å². The lowest BCUT2D eigenvalue weighted by Gasteiger charge is -2.16. The second-order valence-corrected chi connectivity index (χ2v) is 7.94. The van der Waals surface area contributed by atoms with Crippen molar-refractivity contribution in [1.82, 2.24) is 14.3 Å². The number of ether oxygens (including phenoxy) is 1. The number of carboxylic acids is 1. The Balaban J connectivity index is 1.85. The molecule has 2 heterocycles. The second kappa shape index (κ2) is 9.34. The molecule has 0 bridgehead atoms. The Morgan fingerprint density at radius 1 is 1.16 bits per heavy atom. The van der Waals surface area contributed by atoms with Gasteiger partial charge in [0.2, 0.25) is 0 Å². The van der Waals surface area contributed by atoms with Gasteiger partial charge in [-0.05, 0) is 49.7 Å². The molecule has 37 heavy (non-hydrogen) atoms. The first kappa shape index (κ1) is 25.3. The molecule has 0 aliphatic heterocycles. The first-order chi connectivity index (χ1) is 17.4. The van der Waals surface area contributed by atoms with Crippen LogP contribution in [0, 0.1) is 18.8 Å². The minimum absolute atomic E-state index is 0.00318. The summed E-state index contributed by atoms with van der Waals surface area (Å²) in [7, 11) is 0.919. The number of carboxylic acid groups (broad SMARTS) is 1. The Morgan fingerprint density at radius 2 is 1.89 bits per heavy atom. The molecule has 4 rings (SSSR count). The van der Waals surface area contributed by atoms with Crippen LogP contribution in [0.25, 0.3) is 27.9 Å². The molecule has 0 fully saturated rings.